The molecule has 0 heterocycles. The maximum absolute atomic E-state index is 14.9. The van der Waals surface area contributed by atoms with E-state index < -0.39 is 53.0 Å². The molecule has 12 heteroatoms. The molecule has 0 aromatic heterocycles. The molecule has 3 aromatic rings. The van der Waals surface area contributed by atoms with Crippen LogP contribution in [0.5, 0.6) is 5.75 Å². The lowest BCUT2D eigenvalue weighted by Crippen LogP contribution is -2.56. The van der Waals surface area contributed by atoms with Crippen LogP contribution in [0.4, 0.5) is 31.1 Å². The first-order valence-electron chi connectivity index (χ1n) is 12.0. The van der Waals surface area contributed by atoms with Crippen LogP contribution in [0.25, 0.3) is 0 Å². The van der Waals surface area contributed by atoms with Gasteiger partial charge in [-0.3, -0.25) is 0 Å². The number of esters is 1. The monoisotopic (exact) mass is 566 g/mol. The number of carbonyl (C=O) groups is 2. The quantitative estimate of drug-likeness (QED) is 0.244. The molecule has 0 aliphatic heterocycles. The van der Waals surface area contributed by atoms with Crippen LogP contribution in [0.2, 0.25) is 0 Å². The summed E-state index contributed by atoms with van der Waals surface area (Å²) in [6.45, 7) is 0. The van der Waals surface area contributed by atoms with Gasteiger partial charge in [0.15, 0.2) is 0 Å². The van der Waals surface area contributed by atoms with E-state index in [2.05, 4.69) is 15.4 Å². The summed E-state index contributed by atoms with van der Waals surface area (Å²) in [5.41, 5.74) is -2.51. The van der Waals surface area contributed by atoms with Crippen LogP contribution in [-0.2, 0) is 21.5 Å². The first-order valence-corrected chi connectivity index (χ1v) is 12.0. The molecule has 0 spiro atoms. The normalized spacial score (nSPS) is 15.6. The van der Waals surface area contributed by atoms with E-state index in [4.69, 9.17) is 4.74 Å². The van der Waals surface area contributed by atoms with Gasteiger partial charge >= 0.3 is 24.5 Å². The number of ether oxygens (including phenoxy) is 2. The van der Waals surface area contributed by atoms with E-state index in [0.29, 0.717) is 11.6 Å². The highest BCUT2D eigenvalue weighted by atomic mass is 19.3. The molecule has 1 saturated carbocycles. The van der Waals surface area contributed by atoms with Gasteiger partial charge in [0, 0.05) is 12.5 Å². The first-order chi connectivity index (χ1) is 18.9. The largest absolute Gasteiger partial charge is 0.467 e. The molecular formula is C28H24F6N2O4. The van der Waals surface area contributed by atoms with Crippen LogP contribution in [0.15, 0.2) is 72.8 Å². The SMILES string of the molecule is COC(=O)C1(NC(=O)NC(Cc2ccccc2)(c2ccc(F)cc2)c2cc(F)cc(OC(F)(F)C(F)F)c2)CC1. The number of carbonyl (C=O) groups excluding carboxylic acids is 2. The molecule has 1 unspecified atom stereocenters. The lowest BCUT2D eigenvalue weighted by atomic mass is 9.77. The number of rotatable bonds is 10. The smallest absolute Gasteiger partial charge is 0.461 e. The number of alkyl halides is 4. The molecule has 1 aliphatic carbocycles. The number of amides is 2. The van der Waals surface area contributed by atoms with Crippen molar-refractivity contribution in [3.63, 3.8) is 0 Å². The van der Waals surface area contributed by atoms with Crippen molar-refractivity contribution in [2.24, 2.45) is 0 Å². The van der Waals surface area contributed by atoms with Crippen molar-refractivity contribution in [1.82, 2.24) is 10.6 Å². The lowest BCUT2D eigenvalue weighted by Gasteiger charge is -2.37. The highest BCUT2D eigenvalue weighted by molar-refractivity contribution is 5.90. The molecule has 0 radical (unpaired) electrons. The van der Waals surface area contributed by atoms with Crippen LogP contribution in [0.1, 0.15) is 29.5 Å². The third-order valence-corrected chi connectivity index (χ3v) is 6.53. The molecule has 40 heavy (non-hydrogen) atoms. The molecule has 4 rings (SSSR count). The van der Waals surface area contributed by atoms with Crippen molar-refractivity contribution < 1.29 is 45.4 Å². The Balaban J connectivity index is 1.87. The Bertz CT molecular complexity index is 1370. The maximum atomic E-state index is 14.9. The van der Waals surface area contributed by atoms with Gasteiger partial charge in [0.2, 0.25) is 0 Å². The molecule has 1 fully saturated rings. The fourth-order valence-electron chi connectivity index (χ4n) is 4.41. The van der Waals surface area contributed by atoms with Gasteiger partial charge in [0.1, 0.15) is 22.9 Å². The summed E-state index contributed by atoms with van der Waals surface area (Å²) in [4.78, 5) is 25.6. The maximum Gasteiger partial charge on any atom is 0.461 e. The molecule has 1 atom stereocenters. The molecule has 2 N–H and O–H groups in total. The predicted molar refractivity (Wildman–Crippen MR) is 131 cm³/mol. The van der Waals surface area contributed by atoms with Crippen molar-refractivity contribution in [3.8, 4) is 5.75 Å². The molecule has 1 aliphatic rings. The Morgan fingerprint density at radius 3 is 2.15 bits per heavy atom. The standard InChI is InChI=1S/C28H24F6N2O4/c1-39-24(37)26(11-12-26)35-25(38)36-27(16-17-5-3-2-4-6-17,18-7-9-20(29)10-8-18)19-13-21(30)15-22(14-19)40-28(33,34)23(31)32/h2-10,13-15,23H,11-12,16H2,1H3,(H2,35,36,38). The van der Waals surface area contributed by atoms with E-state index in [1.165, 1.54) is 12.1 Å². The van der Waals surface area contributed by atoms with Crippen molar-refractivity contribution in [1.29, 1.82) is 0 Å². The van der Waals surface area contributed by atoms with Gasteiger partial charge in [-0.1, -0.05) is 42.5 Å². The molecule has 2 amide bonds. The third-order valence-electron chi connectivity index (χ3n) is 6.53. The summed E-state index contributed by atoms with van der Waals surface area (Å²) in [5.74, 6) is -3.39. The summed E-state index contributed by atoms with van der Waals surface area (Å²) in [7, 11) is 1.16. The van der Waals surface area contributed by atoms with Crippen molar-refractivity contribution in [2.75, 3.05) is 7.11 Å². The van der Waals surface area contributed by atoms with E-state index in [1.54, 1.807) is 30.3 Å². The third kappa shape index (κ3) is 6.16. The van der Waals surface area contributed by atoms with Gasteiger partial charge in [0.05, 0.1) is 12.6 Å². The summed E-state index contributed by atoms with van der Waals surface area (Å²) in [5, 5.41) is 5.26. The molecule has 0 bridgehead atoms. The molecule has 6 nitrogen and oxygen atoms in total. The van der Waals surface area contributed by atoms with Crippen LogP contribution in [0, 0.1) is 11.6 Å². The van der Waals surface area contributed by atoms with E-state index >= 15 is 0 Å². The number of hydrogen-bond donors (Lipinski definition) is 2. The van der Waals surface area contributed by atoms with Crippen molar-refractivity contribution in [2.45, 2.75) is 42.9 Å². The van der Waals surface area contributed by atoms with Crippen LogP contribution >= 0.6 is 0 Å². The molecule has 0 saturated heterocycles. The van der Waals surface area contributed by atoms with Crippen molar-refractivity contribution >= 4 is 12.0 Å². The van der Waals surface area contributed by atoms with Gasteiger partial charge in [-0.05, 0) is 53.8 Å². The highest BCUT2D eigenvalue weighted by Gasteiger charge is 2.53. The van der Waals surface area contributed by atoms with Gasteiger partial charge in [0.25, 0.3) is 0 Å². The van der Waals surface area contributed by atoms with Gasteiger partial charge in [-0.2, -0.15) is 17.6 Å². The second-order valence-electron chi connectivity index (χ2n) is 9.37. The fraction of sp³-hybridized carbons (Fsp3) is 0.286. The zero-order chi connectivity index (χ0) is 29.1. The van der Waals surface area contributed by atoms with Crippen LogP contribution in [-0.4, -0.2) is 37.2 Å². The second-order valence-corrected chi connectivity index (χ2v) is 9.37. The summed E-state index contributed by atoms with van der Waals surface area (Å²) in [6.07, 6.45) is -8.70. The average molecular weight is 566 g/mol. The van der Waals surface area contributed by atoms with E-state index in [9.17, 15) is 35.9 Å². The van der Waals surface area contributed by atoms with Crippen molar-refractivity contribution in [3.05, 3.63) is 101 Å². The number of methoxy groups -OCH3 is 1. The van der Waals surface area contributed by atoms with E-state index in [0.717, 1.165) is 31.4 Å². The predicted octanol–water partition coefficient (Wildman–Crippen LogP) is 5.69. The second kappa shape index (κ2) is 11.1. The minimum Gasteiger partial charge on any atom is -0.467 e. The number of nitrogens with one attached hydrogen (secondary N) is 2. The topological polar surface area (TPSA) is 76.7 Å². The van der Waals surface area contributed by atoms with E-state index in [1.807, 2.05) is 0 Å². The number of benzene rings is 3. The number of hydrogen-bond acceptors (Lipinski definition) is 4. The fourth-order valence-corrected chi connectivity index (χ4v) is 4.41. The first kappa shape index (κ1) is 28.8. The Hall–Kier alpha value is -4.22. The minimum atomic E-state index is -4.94. The summed E-state index contributed by atoms with van der Waals surface area (Å²) in [6, 6.07) is 14.6. The van der Waals surface area contributed by atoms with E-state index in [-0.39, 0.29) is 30.4 Å². The zero-order valence-electron chi connectivity index (χ0n) is 21.0. The van der Waals surface area contributed by atoms with Crippen LogP contribution in [0.3, 0.4) is 0 Å². The minimum absolute atomic E-state index is 0.133. The van der Waals surface area contributed by atoms with Gasteiger partial charge < -0.3 is 20.1 Å². The summed E-state index contributed by atoms with van der Waals surface area (Å²) >= 11 is 0. The lowest BCUT2D eigenvalue weighted by molar-refractivity contribution is -0.253. The van der Waals surface area contributed by atoms with Gasteiger partial charge in [-0.15, -0.1) is 0 Å². The Labute approximate surface area is 225 Å². The number of urea groups is 1. The average Bonchev–Trinajstić information content (AvgIpc) is 3.68. The Morgan fingerprint density at radius 1 is 0.925 bits per heavy atom. The summed E-state index contributed by atoms with van der Waals surface area (Å²) < 4.78 is 90.9. The Kier molecular flexibility index (Phi) is 7.99. The van der Waals surface area contributed by atoms with Crippen LogP contribution < -0.4 is 15.4 Å². The number of halogens is 6. The van der Waals surface area contributed by atoms with Gasteiger partial charge in [-0.25, -0.2) is 18.4 Å². The zero-order valence-corrected chi connectivity index (χ0v) is 21.0. The molecule has 3 aromatic carbocycles. The Morgan fingerprint density at radius 2 is 1.57 bits per heavy atom. The highest BCUT2D eigenvalue weighted by Crippen LogP contribution is 2.39. The molecular weight excluding hydrogens is 542 g/mol. The molecule has 212 valence electrons.